The van der Waals surface area contributed by atoms with Gasteiger partial charge in [-0.3, -0.25) is 4.79 Å². The molecule has 1 amide bonds. The molecule has 130 valence electrons. The fraction of sp³-hybridized carbons (Fsp3) is 0.118. The first-order valence-corrected chi connectivity index (χ1v) is 7.95. The predicted octanol–water partition coefficient (Wildman–Crippen LogP) is 1.88. The average Bonchev–Trinajstić information content (AvgIpc) is 3.34. The van der Waals surface area contributed by atoms with E-state index in [4.69, 9.17) is 4.74 Å². The highest BCUT2D eigenvalue weighted by Crippen LogP contribution is 2.25. The zero-order valence-electron chi connectivity index (χ0n) is 13.7. The van der Waals surface area contributed by atoms with Crippen molar-refractivity contribution in [3.8, 4) is 5.75 Å². The lowest BCUT2D eigenvalue weighted by atomic mass is 10.2. The van der Waals surface area contributed by atoms with Gasteiger partial charge in [0, 0.05) is 18.6 Å². The minimum Gasteiger partial charge on any atom is -0.490 e. The van der Waals surface area contributed by atoms with Crippen LogP contribution in [0.25, 0.3) is 11.0 Å². The second-order valence-corrected chi connectivity index (χ2v) is 5.45. The van der Waals surface area contributed by atoms with Gasteiger partial charge in [-0.25, -0.2) is 9.97 Å². The van der Waals surface area contributed by atoms with Crippen LogP contribution in [0.15, 0.2) is 55.2 Å². The van der Waals surface area contributed by atoms with Gasteiger partial charge in [0.1, 0.15) is 23.4 Å². The number of pyridine rings is 1. The number of anilines is 1. The Hall–Kier alpha value is -3.75. The maximum absolute atomic E-state index is 12.6. The smallest absolute Gasteiger partial charge is 0.276 e. The van der Waals surface area contributed by atoms with Gasteiger partial charge in [0.15, 0.2) is 5.69 Å². The Labute approximate surface area is 148 Å². The molecule has 9 heteroatoms. The molecule has 1 aromatic carbocycles. The van der Waals surface area contributed by atoms with Crippen LogP contribution in [0.4, 0.5) is 5.69 Å². The van der Waals surface area contributed by atoms with Gasteiger partial charge in [0.25, 0.3) is 5.91 Å². The number of hydrogen-bond donors (Lipinski definition) is 2. The Balaban J connectivity index is 1.49. The second-order valence-electron chi connectivity index (χ2n) is 5.45. The molecule has 26 heavy (non-hydrogen) atoms. The number of para-hydroxylation sites is 2. The van der Waals surface area contributed by atoms with Crippen LogP contribution in [-0.2, 0) is 6.54 Å². The van der Waals surface area contributed by atoms with Gasteiger partial charge in [-0.2, -0.15) is 15.4 Å². The first-order valence-electron chi connectivity index (χ1n) is 7.95. The van der Waals surface area contributed by atoms with E-state index in [2.05, 4.69) is 30.7 Å². The number of ether oxygens (including phenoxy) is 1. The lowest BCUT2D eigenvalue weighted by Crippen LogP contribution is -2.15. The van der Waals surface area contributed by atoms with Gasteiger partial charge in [0.2, 0.25) is 0 Å². The van der Waals surface area contributed by atoms with Gasteiger partial charge in [-0.05, 0) is 18.2 Å². The molecular formula is C17H15N7O2. The van der Waals surface area contributed by atoms with Crippen LogP contribution in [0.5, 0.6) is 5.75 Å². The monoisotopic (exact) mass is 349 g/mol. The summed E-state index contributed by atoms with van der Waals surface area (Å²) in [4.78, 5) is 20.7. The zero-order valence-corrected chi connectivity index (χ0v) is 13.7. The van der Waals surface area contributed by atoms with Crippen molar-refractivity contribution in [2.75, 3.05) is 11.9 Å². The quantitative estimate of drug-likeness (QED) is 0.550. The molecule has 0 aliphatic rings. The standard InChI is InChI=1S/C17H15N7O2/c25-17(16-15-13(5-6-19-16)21-23-22-15)20-12-3-1-2-4-14(12)26-10-9-24-8-7-18-11-24/h1-8,11H,9-10H2,(H,20,25)(H,21,22,23). The number of amides is 1. The summed E-state index contributed by atoms with van der Waals surface area (Å²) in [6, 6.07) is 8.92. The molecule has 0 saturated heterocycles. The molecule has 0 spiro atoms. The lowest BCUT2D eigenvalue weighted by Gasteiger charge is -2.12. The van der Waals surface area contributed by atoms with Crippen LogP contribution in [0.2, 0.25) is 0 Å². The molecule has 0 unspecified atom stereocenters. The summed E-state index contributed by atoms with van der Waals surface area (Å²) in [5.74, 6) is 0.198. The normalized spacial score (nSPS) is 10.8. The summed E-state index contributed by atoms with van der Waals surface area (Å²) in [5, 5.41) is 13.3. The summed E-state index contributed by atoms with van der Waals surface area (Å²) in [5.41, 5.74) is 1.76. The van der Waals surface area contributed by atoms with Crippen LogP contribution in [0, 0.1) is 0 Å². The zero-order chi connectivity index (χ0) is 17.8. The minimum absolute atomic E-state index is 0.199. The fourth-order valence-corrected chi connectivity index (χ4v) is 2.50. The predicted molar refractivity (Wildman–Crippen MR) is 93.8 cm³/mol. The van der Waals surface area contributed by atoms with Gasteiger partial charge in [0.05, 0.1) is 18.6 Å². The maximum atomic E-state index is 12.6. The number of hydrogen-bond acceptors (Lipinski definition) is 6. The van der Waals surface area contributed by atoms with E-state index in [-0.39, 0.29) is 11.6 Å². The number of benzene rings is 1. The lowest BCUT2D eigenvalue weighted by molar-refractivity contribution is 0.102. The summed E-state index contributed by atoms with van der Waals surface area (Å²) >= 11 is 0. The first-order chi connectivity index (χ1) is 12.8. The van der Waals surface area contributed by atoms with Crippen molar-refractivity contribution in [2.45, 2.75) is 6.54 Å². The number of carbonyl (C=O) groups is 1. The van der Waals surface area contributed by atoms with E-state index in [9.17, 15) is 4.79 Å². The third-order valence-electron chi connectivity index (χ3n) is 3.75. The second kappa shape index (κ2) is 7.01. The first kappa shape index (κ1) is 15.8. The van der Waals surface area contributed by atoms with E-state index in [1.54, 1.807) is 30.7 Å². The number of aromatic amines is 1. The highest BCUT2D eigenvalue weighted by Gasteiger charge is 2.16. The van der Waals surface area contributed by atoms with Crippen molar-refractivity contribution >= 4 is 22.6 Å². The van der Waals surface area contributed by atoms with Crippen molar-refractivity contribution in [1.82, 2.24) is 29.9 Å². The van der Waals surface area contributed by atoms with Crippen LogP contribution in [0.1, 0.15) is 10.5 Å². The molecule has 3 heterocycles. The Kier molecular flexibility index (Phi) is 4.25. The number of nitrogens with zero attached hydrogens (tertiary/aromatic N) is 5. The van der Waals surface area contributed by atoms with E-state index in [0.29, 0.717) is 35.6 Å². The van der Waals surface area contributed by atoms with Gasteiger partial charge >= 0.3 is 0 Å². The number of carbonyl (C=O) groups excluding carboxylic acids is 1. The SMILES string of the molecule is O=C(Nc1ccccc1OCCn1ccnc1)c1nccc2n[nH]nc12. The number of imidazole rings is 1. The summed E-state index contributed by atoms with van der Waals surface area (Å²) in [6.45, 7) is 1.10. The highest BCUT2D eigenvalue weighted by atomic mass is 16.5. The molecule has 4 aromatic rings. The van der Waals surface area contributed by atoms with Crippen molar-refractivity contribution in [2.24, 2.45) is 0 Å². The fourth-order valence-electron chi connectivity index (χ4n) is 2.50. The van der Waals surface area contributed by atoms with E-state index >= 15 is 0 Å². The number of fused-ring (bicyclic) bond motifs is 1. The van der Waals surface area contributed by atoms with Gasteiger partial charge < -0.3 is 14.6 Å². The van der Waals surface area contributed by atoms with Crippen molar-refractivity contribution in [3.05, 3.63) is 60.9 Å². The molecule has 0 radical (unpaired) electrons. The molecular weight excluding hydrogens is 334 g/mol. The van der Waals surface area contributed by atoms with E-state index < -0.39 is 0 Å². The Morgan fingerprint density at radius 3 is 3.00 bits per heavy atom. The maximum Gasteiger partial charge on any atom is 0.276 e. The van der Waals surface area contributed by atoms with Crippen molar-refractivity contribution in [3.63, 3.8) is 0 Å². The molecule has 9 nitrogen and oxygen atoms in total. The molecule has 2 N–H and O–H groups in total. The Morgan fingerprint density at radius 1 is 1.19 bits per heavy atom. The third kappa shape index (κ3) is 3.22. The van der Waals surface area contributed by atoms with Gasteiger partial charge in [-0.1, -0.05) is 12.1 Å². The van der Waals surface area contributed by atoms with E-state index in [0.717, 1.165) is 0 Å². The largest absolute Gasteiger partial charge is 0.490 e. The van der Waals surface area contributed by atoms with Crippen LogP contribution >= 0.6 is 0 Å². The summed E-state index contributed by atoms with van der Waals surface area (Å²) in [6.07, 6.45) is 6.82. The molecule has 0 saturated carbocycles. The molecule has 0 aliphatic carbocycles. The molecule has 4 rings (SSSR count). The van der Waals surface area contributed by atoms with Crippen LogP contribution in [0.3, 0.4) is 0 Å². The third-order valence-corrected chi connectivity index (χ3v) is 3.75. The van der Waals surface area contributed by atoms with Crippen molar-refractivity contribution < 1.29 is 9.53 Å². The van der Waals surface area contributed by atoms with E-state index in [1.807, 2.05) is 22.9 Å². The molecule has 0 bridgehead atoms. The number of H-pyrrole nitrogens is 1. The molecule has 0 fully saturated rings. The highest BCUT2D eigenvalue weighted by molar-refractivity contribution is 6.10. The number of rotatable bonds is 6. The van der Waals surface area contributed by atoms with Crippen LogP contribution < -0.4 is 10.1 Å². The van der Waals surface area contributed by atoms with E-state index in [1.165, 1.54) is 6.20 Å². The number of nitrogens with one attached hydrogen (secondary N) is 2. The molecule has 3 aromatic heterocycles. The molecule has 0 atom stereocenters. The topological polar surface area (TPSA) is 111 Å². The van der Waals surface area contributed by atoms with Crippen molar-refractivity contribution in [1.29, 1.82) is 0 Å². The molecule has 0 aliphatic heterocycles. The average molecular weight is 349 g/mol. The summed E-state index contributed by atoms with van der Waals surface area (Å²) in [7, 11) is 0. The van der Waals surface area contributed by atoms with Crippen LogP contribution in [-0.4, -0.2) is 42.5 Å². The minimum atomic E-state index is -0.379. The Bertz CT molecular complexity index is 1030. The number of aromatic nitrogens is 6. The summed E-state index contributed by atoms with van der Waals surface area (Å²) < 4.78 is 7.71. The Morgan fingerprint density at radius 2 is 2.12 bits per heavy atom. The van der Waals surface area contributed by atoms with Gasteiger partial charge in [-0.15, -0.1) is 0 Å².